The maximum Gasteiger partial charge on any atom is 0.246 e. The molecule has 0 aliphatic carbocycles. The van der Waals surface area contributed by atoms with Crippen LogP contribution < -0.4 is 10.6 Å². The number of hydrogen-bond donors (Lipinski definition) is 2. The minimum absolute atomic E-state index is 0.217. The molecule has 1 aromatic rings. The first kappa shape index (κ1) is 21.5. The first-order valence-electron chi connectivity index (χ1n) is 10.3. The molecule has 0 radical (unpaired) electrons. The summed E-state index contributed by atoms with van der Waals surface area (Å²) in [5.74, 6) is -1.79. The summed E-state index contributed by atoms with van der Waals surface area (Å²) in [4.78, 5) is 41.4. The van der Waals surface area contributed by atoms with Crippen LogP contribution in [-0.4, -0.2) is 71.3 Å². The summed E-state index contributed by atoms with van der Waals surface area (Å²) in [6, 6.07) is 0.700. The lowest BCUT2D eigenvalue weighted by Gasteiger charge is -2.34. The van der Waals surface area contributed by atoms with Gasteiger partial charge in [0, 0.05) is 25.3 Å². The van der Waals surface area contributed by atoms with E-state index in [1.54, 1.807) is 25.1 Å². The van der Waals surface area contributed by atoms with E-state index >= 15 is 0 Å². The molecule has 3 aliphatic heterocycles. The highest BCUT2D eigenvalue weighted by Crippen LogP contribution is 2.55. The summed E-state index contributed by atoms with van der Waals surface area (Å²) in [5, 5.41) is 9.45. The summed E-state index contributed by atoms with van der Waals surface area (Å²) in [6.45, 7) is 7.80. The minimum atomic E-state index is -1.20. The molecule has 2 N–H and O–H groups in total. The van der Waals surface area contributed by atoms with Crippen LogP contribution in [0.4, 0.5) is 5.82 Å². The lowest BCUT2D eigenvalue weighted by Crippen LogP contribution is -2.58. The van der Waals surface area contributed by atoms with Crippen molar-refractivity contribution in [3.63, 3.8) is 0 Å². The zero-order valence-corrected chi connectivity index (χ0v) is 18.3. The molecule has 4 heterocycles. The number of rotatable bonds is 6. The van der Waals surface area contributed by atoms with Crippen LogP contribution in [0, 0.1) is 18.8 Å². The van der Waals surface area contributed by atoms with Gasteiger partial charge in [-0.05, 0) is 27.7 Å². The van der Waals surface area contributed by atoms with Gasteiger partial charge in [-0.1, -0.05) is 17.3 Å². The number of aromatic nitrogens is 1. The molecule has 10 heteroatoms. The lowest BCUT2D eigenvalue weighted by molar-refractivity contribution is -0.142. The number of fused-ring (bicyclic) bond motifs is 1. The van der Waals surface area contributed by atoms with Crippen molar-refractivity contribution in [3.05, 3.63) is 24.0 Å². The molecule has 3 amide bonds. The van der Waals surface area contributed by atoms with E-state index < -0.39 is 41.0 Å². The molecular weight excluding hydrogens is 404 g/mol. The van der Waals surface area contributed by atoms with Crippen LogP contribution >= 0.6 is 0 Å². The highest BCUT2D eigenvalue weighted by molar-refractivity contribution is 6.02. The Morgan fingerprint density at radius 2 is 2.06 bits per heavy atom. The zero-order chi connectivity index (χ0) is 22.6. The minimum Gasteiger partial charge on any atom is -0.383 e. The van der Waals surface area contributed by atoms with Crippen molar-refractivity contribution in [3.8, 4) is 0 Å². The van der Waals surface area contributed by atoms with Gasteiger partial charge in [0.25, 0.3) is 0 Å². The molecule has 3 aliphatic rings. The number of amides is 3. The average molecular weight is 432 g/mol. The molecule has 0 saturated carbocycles. The van der Waals surface area contributed by atoms with Crippen molar-refractivity contribution in [1.82, 2.24) is 15.4 Å². The Bertz CT molecular complexity index is 935. The number of hydrogen-bond acceptors (Lipinski definition) is 7. The molecule has 2 bridgehead atoms. The van der Waals surface area contributed by atoms with Crippen molar-refractivity contribution in [2.45, 2.75) is 51.0 Å². The van der Waals surface area contributed by atoms with Gasteiger partial charge in [-0.2, -0.15) is 0 Å². The van der Waals surface area contributed by atoms with Gasteiger partial charge < -0.3 is 29.5 Å². The molecule has 0 unspecified atom stereocenters. The van der Waals surface area contributed by atoms with Crippen LogP contribution in [-0.2, 0) is 23.9 Å². The quantitative estimate of drug-likeness (QED) is 0.632. The topological polar surface area (TPSA) is 123 Å². The predicted octanol–water partition coefficient (Wildman–Crippen LogP) is 0.633. The molecule has 10 nitrogen and oxygen atoms in total. The molecule has 5 atom stereocenters. The second kappa shape index (κ2) is 7.45. The van der Waals surface area contributed by atoms with Gasteiger partial charge in [0.15, 0.2) is 5.82 Å². The number of ether oxygens (including phenoxy) is 2. The van der Waals surface area contributed by atoms with Crippen molar-refractivity contribution in [1.29, 1.82) is 0 Å². The van der Waals surface area contributed by atoms with Gasteiger partial charge in [0.05, 0.1) is 24.5 Å². The van der Waals surface area contributed by atoms with Crippen molar-refractivity contribution >= 4 is 23.5 Å². The second-order valence-electron chi connectivity index (χ2n) is 9.28. The number of nitrogens with one attached hydrogen (secondary N) is 2. The zero-order valence-electron chi connectivity index (χ0n) is 18.3. The van der Waals surface area contributed by atoms with E-state index in [1.165, 1.54) is 12.0 Å². The monoisotopic (exact) mass is 432 g/mol. The van der Waals surface area contributed by atoms with E-state index in [9.17, 15) is 14.4 Å². The number of methoxy groups -OCH3 is 1. The standard InChI is InChI=1S/C21H28N4O6/c1-11-10-13(24-31-11)22-17(26)14-12-6-7-21(30-12)15(14)19(28)25(8-9-29-5)16(21)18(27)23-20(2,3)4/h6-7,10,12,14-16H,8-9H2,1-5H3,(H,23,27)(H,22,24,26)/t12-,14-,15+,16+,21+/m1/s1. The average Bonchev–Trinajstić information content (AvgIpc) is 3.39. The highest BCUT2D eigenvalue weighted by atomic mass is 16.5. The van der Waals surface area contributed by atoms with Gasteiger partial charge in [0.2, 0.25) is 17.7 Å². The number of carbonyl (C=O) groups is 3. The van der Waals surface area contributed by atoms with Crippen molar-refractivity contribution < 1.29 is 28.4 Å². The summed E-state index contributed by atoms with van der Waals surface area (Å²) in [7, 11) is 1.53. The molecule has 168 valence electrons. The van der Waals surface area contributed by atoms with Crippen LogP contribution in [0.5, 0.6) is 0 Å². The van der Waals surface area contributed by atoms with Crippen LogP contribution in [0.1, 0.15) is 26.5 Å². The van der Waals surface area contributed by atoms with Gasteiger partial charge in [-0.25, -0.2) is 0 Å². The van der Waals surface area contributed by atoms with E-state index in [4.69, 9.17) is 14.0 Å². The molecule has 2 fully saturated rings. The largest absolute Gasteiger partial charge is 0.383 e. The number of aryl methyl sites for hydroxylation is 1. The van der Waals surface area contributed by atoms with E-state index in [1.807, 2.05) is 20.8 Å². The Balaban J connectivity index is 1.66. The van der Waals surface area contributed by atoms with Crippen LogP contribution in [0.3, 0.4) is 0 Å². The lowest BCUT2D eigenvalue weighted by atomic mass is 9.74. The third-order valence-electron chi connectivity index (χ3n) is 5.84. The normalized spacial score (nSPS) is 31.3. The van der Waals surface area contributed by atoms with Gasteiger partial charge >= 0.3 is 0 Å². The fourth-order valence-corrected chi connectivity index (χ4v) is 4.77. The molecule has 1 spiro atoms. The summed E-state index contributed by atoms with van der Waals surface area (Å²) in [6.07, 6.45) is 2.93. The molecule has 1 aromatic heterocycles. The maximum atomic E-state index is 13.5. The summed E-state index contributed by atoms with van der Waals surface area (Å²) < 4.78 is 16.4. The molecule has 31 heavy (non-hydrogen) atoms. The fourth-order valence-electron chi connectivity index (χ4n) is 4.77. The molecule has 0 aromatic carbocycles. The Kier molecular flexibility index (Phi) is 5.17. The second-order valence-corrected chi connectivity index (χ2v) is 9.28. The predicted molar refractivity (Wildman–Crippen MR) is 109 cm³/mol. The van der Waals surface area contributed by atoms with E-state index in [2.05, 4.69) is 15.8 Å². The molecular formula is C21H28N4O6. The van der Waals surface area contributed by atoms with Gasteiger partial charge in [0.1, 0.15) is 17.4 Å². The highest BCUT2D eigenvalue weighted by Gasteiger charge is 2.72. The first-order valence-corrected chi connectivity index (χ1v) is 10.3. The van der Waals surface area contributed by atoms with Gasteiger partial charge in [-0.3, -0.25) is 14.4 Å². The number of anilines is 1. The summed E-state index contributed by atoms with van der Waals surface area (Å²) in [5.41, 5.74) is -1.70. The third-order valence-corrected chi connectivity index (χ3v) is 5.84. The van der Waals surface area contributed by atoms with E-state index in [0.29, 0.717) is 5.76 Å². The van der Waals surface area contributed by atoms with E-state index in [-0.39, 0.29) is 30.8 Å². The first-order chi connectivity index (χ1) is 14.6. The van der Waals surface area contributed by atoms with Crippen molar-refractivity contribution in [2.75, 3.05) is 25.6 Å². The Labute approximate surface area is 180 Å². The Hall–Kier alpha value is -2.72. The Morgan fingerprint density at radius 1 is 1.32 bits per heavy atom. The third kappa shape index (κ3) is 3.53. The van der Waals surface area contributed by atoms with Crippen LogP contribution in [0.15, 0.2) is 22.7 Å². The number of nitrogens with zero attached hydrogens (tertiary/aromatic N) is 2. The van der Waals surface area contributed by atoms with Gasteiger partial charge in [-0.15, -0.1) is 0 Å². The summed E-state index contributed by atoms with van der Waals surface area (Å²) >= 11 is 0. The van der Waals surface area contributed by atoms with Crippen molar-refractivity contribution in [2.24, 2.45) is 11.8 Å². The van der Waals surface area contributed by atoms with E-state index in [0.717, 1.165) is 0 Å². The SMILES string of the molecule is COCCN1C(=O)[C@@H]2[C@H](C(=O)Nc3cc(C)on3)[C@H]3C=C[C@@]2(O3)[C@@H]1C(=O)NC(C)(C)C. The van der Waals surface area contributed by atoms with Crippen LogP contribution in [0.2, 0.25) is 0 Å². The fraction of sp³-hybridized carbons (Fsp3) is 0.619. The van der Waals surface area contributed by atoms with Crippen LogP contribution in [0.25, 0.3) is 0 Å². The Morgan fingerprint density at radius 3 is 2.68 bits per heavy atom. The molecule has 4 rings (SSSR count). The number of carbonyl (C=O) groups excluding carboxylic acids is 3. The smallest absolute Gasteiger partial charge is 0.246 e. The molecule has 2 saturated heterocycles. The maximum absolute atomic E-state index is 13.5. The number of likely N-dealkylation sites (tertiary alicyclic amines) is 1.